The summed E-state index contributed by atoms with van der Waals surface area (Å²) < 4.78 is 20.7. The lowest BCUT2D eigenvalue weighted by Crippen LogP contribution is -2.44. The quantitative estimate of drug-likeness (QED) is 0.816. The number of hydrogen-bond acceptors (Lipinski definition) is 4. The molecule has 0 spiro atoms. The van der Waals surface area contributed by atoms with E-state index in [4.69, 9.17) is 4.74 Å². The number of carbonyl (C=O) groups excluding carboxylic acids is 1. The molecule has 1 aromatic heterocycles. The molecule has 0 fully saturated rings. The second-order valence-electron chi connectivity index (χ2n) is 6.26. The maximum atomic E-state index is 14.4. The molecule has 0 saturated heterocycles. The molecule has 0 bridgehead atoms. The Morgan fingerprint density at radius 2 is 2.19 bits per heavy atom. The molecular weight excluding hydrogens is 341 g/mol. The van der Waals surface area contributed by atoms with Gasteiger partial charge in [0.05, 0.1) is 6.61 Å². The molecule has 2 N–H and O–H groups in total. The van der Waals surface area contributed by atoms with Crippen molar-refractivity contribution in [1.29, 1.82) is 0 Å². The van der Waals surface area contributed by atoms with E-state index in [-0.39, 0.29) is 12.3 Å². The predicted octanol–water partition coefficient (Wildman–Crippen LogP) is 1.64. The van der Waals surface area contributed by atoms with Gasteiger partial charge in [0, 0.05) is 18.4 Å². The van der Waals surface area contributed by atoms with E-state index in [1.165, 1.54) is 17.9 Å². The van der Waals surface area contributed by atoms with Crippen molar-refractivity contribution in [3.8, 4) is 5.69 Å². The van der Waals surface area contributed by atoms with Gasteiger partial charge in [-0.15, -0.1) is 0 Å². The van der Waals surface area contributed by atoms with Gasteiger partial charge in [-0.05, 0) is 37.8 Å². The molecule has 7 nitrogen and oxygen atoms in total. The zero-order valence-electron chi connectivity index (χ0n) is 14.6. The number of halogens is 1. The third-order valence-corrected chi connectivity index (χ3v) is 4.48. The number of amides is 1. The smallest absolute Gasteiger partial charge is 0.328 e. The van der Waals surface area contributed by atoms with E-state index in [0.717, 1.165) is 17.7 Å². The SMILES string of the molecule is COCC(NC(=O)c1nn(-c2c(C)cccc2F)c2c1CCC2)C(=O)O. The van der Waals surface area contributed by atoms with Gasteiger partial charge in [0.25, 0.3) is 5.91 Å². The Bertz CT molecular complexity index is 842. The van der Waals surface area contributed by atoms with E-state index in [9.17, 15) is 19.1 Å². The Kier molecular flexibility index (Phi) is 5.03. The normalized spacial score (nSPS) is 14.1. The van der Waals surface area contributed by atoms with Gasteiger partial charge in [0.1, 0.15) is 11.5 Å². The van der Waals surface area contributed by atoms with E-state index in [2.05, 4.69) is 10.4 Å². The van der Waals surface area contributed by atoms with Gasteiger partial charge in [-0.25, -0.2) is 13.9 Å². The number of nitrogens with zero attached hydrogens (tertiary/aromatic N) is 2. The molecule has 1 unspecified atom stereocenters. The summed E-state index contributed by atoms with van der Waals surface area (Å²) in [4.78, 5) is 23.8. The molecule has 1 aliphatic rings. The Morgan fingerprint density at radius 3 is 2.85 bits per heavy atom. The minimum absolute atomic E-state index is 0.141. The Hall–Kier alpha value is -2.74. The second kappa shape index (κ2) is 7.25. The zero-order chi connectivity index (χ0) is 18.8. The number of methoxy groups -OCH3 is 1. The zero-order valence-corrected chi connectivity index (χ0v) is 14.6. The van der Waals surface area contributed by atoms with Gasteiger partial charge in [-0.1, -0.05) is 12.1 Å². The van der Waals surface area contributed by atoms with Crippen LogP contribution in [-0.2, 0) is 22.4 Å². The molecule has 0 aliphatic heterocycles. The van der Waals surface area contributed by atoms with Crippen LogP contribution >= 0.6 is 0 Å². The van der Waals surface area contributed by atoms with Crippen LogP contribution in [-0.4, -0.2) is 46.5 Å². The van der Waals surface area contributed by atoms with Crippen molar-refractivity contribution in [2.45, 2.75) is 32.2 Å². The van der Waals surface area contributed by atoms with Crippen molar-refractivity contribution in [3.63, 3.8) is 0 Å². The monoisotopic (exact) mass is 361 g/mol. The van der Waals surface area contributed by atoms with Crippen molar-refractivity contribution in [1.82, 2.24) is 15.1 Å². The number of carbonyl (C=O) groups is 2. The average molecular weight is 361 g/mol. The molecule has 1 heterocycles. The van der Waals surface area contributed by atoms with Crippen LogP contribution in [0, 0.1) is 12.7 Å². The van der Waals surface area contributed by atoms with Gasteiger partial charge < -0.3 is 15.2 Å². The highest BCUT2D eigenvalue weighted by Crippen LogP contribution is 2.30. The molecule has 8 heteroatoms. The summed E-state index contributed by atoms with van der Waals surface area (Å²) in [6.45, 7) is 1.62. The number of para-hydroxylation sites is 1. The molecule has 26 heavy (non-hydrogen) atoms. The van der Waals surface area contributed by atoms with Crippen molar-refractivity contribution >= 4 is 11.9 Å². The Balaban J connectivity index is 2.00. The predicted molar refractivity (Wildman–Crippen MR) is 91.1 cm³/mol. The molecule has 1 amide bonds. The van der Waals surface area contributed by atoms with Gasteiger partial charge in [0.2, 0.25) is 0 Å². The second-order valence-corrected chi connectivity index (χ2v) is 6.26. The highest BCUT2D eigenvalue weighted by Gasteiger charge is 2.30. The number of nitrogens with one attached hydrogen (secondary N) is 1. The molecule has 0 saturated carbocycles. The summed E-state index contributed by atoms with van der Waals surface area (Å²) in [6.07, 6.45) is 2.17. The average Bonchev–Trinajstić information content (AvgIpc) is 3.17. The molecule has 138 valence electrons. The first kappa shape index (κ1) is 18.1. The maximum absolute atomic E-state index is 14.4. The van der Waals surface area contributed by atoms with Gasteiger partial charge >= 0.3 is 5.97 Å². The van der Waals surface area contributed by atoms with Crippen LogP contribution in [0.1, 0.15) is 33.7 Å². The number of aromatic nitrogens is 2. The van der Waals surface area contributed by atoms with Gasteiger partial charge in [0.15, 0.2) is 11.7 Å². The van der Waals surface area contributed by atoms with E-state index in [1.54, 1.807) is 19.1 Å². The number of aliphatic carboxylic acids is 1. The summed E-state index contributed by atoms with van der Waals surface area (Å²) >= 11 is 0. The van der Waals surface area contributed by atoms with Crippen LogP contribution < -0.4 is 5.32 Å². The summed E-state index contributed by atoms with van der Waals surface area (Å²) in [5, 5.41) is 15.9. The van der Waals surface area contributed by atoms with Crippen molar-refractivity contribution in [2.24, 2.45) is 0 Å². The first-order valence-electron chi connectivity index (χ1n) is 8.33. The largest absolute Gasteiger partial charge is 0.480 e. The lowest BCUT2D eigenvalue weighted by atomic mass is 10.1. The molecule has 2 aromatic rings. The molecule has 1 aliphatic carbocycles. The molecule has 3 rings (SSSR count). The van der Waals surface area contributed by atoms with Crippen LogP contribution in [0.15, 0.2) is 18.2 Å². The van der Waals surface area contributed by atoms with E-state index in [0.29, 0.717) is 24.1 Å². The Labute approximate surface area is 149 Å². The molecular formula is C18H20FN3O4. The van der Waals surface area contributed by atoms with Gasteiger partial charge in [-0.3, -0.25) is 4.79 Å². The molecule has 0 radical (unpaired) electrons. The fraction of sp³-hybridized carbons (Fsp3) is 0.389. The number of benzene rings is 1. The van der Waals surface area contributed by atoms with Crippen molar-refractivity contribution in [3.05, 3.63) is 46.5 Å². The van der Waals surface area contributed by atoms with Crippen molar-refractivity contribution < 1.29 is 23.8 Å². The first-order chi connectivity index (χ1) is 12.4. The minimum Gasteiger partial charge on any atom is -0.480 e. The van der Waals surface area contributed by atoms with Crippen LogP contribution in [0.25, 0.3) is 5.69 Å². The number of carboxylic acids is 1. The topological polar surface area (TPSA) is 93.5 Å². The van der Waals surface area contributed by atoms with E-state index in [1.807, 2.05) is 0 Å². The number of rotatable bonds is 6. The fourth-order valence-corrected chi connectivity index (χ4v) is 3.26. The number of carboxylic acid groups (broad SMARTS) is 1. The van der Waals surface area contributed by atoms with E-state index >= 15 is 0 Å². The minimum atomic E-state index is -1.19. The van der Waals surface area contributed by atoms with Crippen LogP contribution in [0.2, 0.25) is 0 Å². The third-order valence-electron chi connectivity index (χ3n) is 4.48. The highest BCUT2D eigenvalue weighted by atomic mass is 19.1. The van der Waals surface area contributed by atoms with Gasteiger partial charge in [-0.2, -0.15) is 5.10 Å². The van der Waals surface area contributed by atoms with Crippen LogP contribution in [0.5, 0.6) is 0 Å². The number of hydrogen-bond donors (Lipinski definition) is 2. The maximum Gasteiger partial charge on any atom is 0.328 e. The summed E-state index contributed by atoms with van der Waals surface area (Å²) in [6, 6.07) is 3.57. The van der Waals surface area contributed by atoms with Crippen molar-refractivity contribution in [2.75, 3.05) is 13.7 Å². The number of ether oxygens (including phenoxy) is 1. The number of aryl methyl sites for hydroxylation is 1. The Morgan fingerprint density at radius 1 is 1.42 bits per heavy atom. The third kappa shape index (κ3) is 3.20. The lowest BCUT2D eigenvalue weighted by molar-refractivity contribution is -0.140. The highest BCUT2D eigenvalue weighted by molar-refractivity contribution is 5.96. The standard InChI is InChI=1S/C18H20FN3O4/c1-10-5-3-7-12(19)16(10)22-14-8-4-6-11(14)15(21-22)17(23)20-13(9-26-2)18(24)25/h3,5,7,13H,4,6,8-9H2,1-2H3,(H,20,23)(H,24,25). The fourth-order valence-electron chi connectivity index (χ4n) is 3.26. The first-order valence-corrected chi connectivity index (χ1v) is 8.33. The molecule has 1 aromatic carbocycles. The summed E-state index contributed by atoms with van der Waals surface area (Å²) in [5.41, 5.74) is 2.70. The van der Waals surface area contributed by atoms with Crippen LogP contribution in [0.4, 0.5) is 4.39 Å². The van der Waals surface area contributed by atoms with Crippen LogP contribution in [0.3, 0.4) is 0 Å². The van der Waals surface area contributed by atoms with E-state index < -0.39 is 23.7 Å². The summed E-state index contributed by atoms with van der Waals surface area (Å²) in [7, 11) is 1.36. The molecule has 1 atom stereocenters. The summed E-state index contributed by atoms with van der Waals surface area (Å²) in [5.74, 6) is -2.21. The lowest BCUT2D eigenvalue weighted by Gasteiger charge is -2.13. The number of fused-ring (bicyclic) bond motifs is 1.